The van der Waals surface area contributed by atoms with Gasteiger partial charge >= 0.3 is 11.9 Å². The van der Waals surface area contributed by atoms with Gasteiger partial charge in [0.2, 0.25) is 0 Å². The fourth-order valence-electron chi connectivity index (χ4n) is 2.61. The molecule has 2 aromatic rings. The van der Waals surface area contributed by atoms with Gasteiger partial charge in [-0.25, -0.2) is 14.5 Å². The molecule has 0 aromatic heterocycles. The maximum absolute atomic E-state index is 12.8. The minimum absolute atomic E-state index is 0.00105. The maximum Gasteiger partial charge on any atom is 0.337 e. The highest BCUT2D eigenvalue weighted by atomic mass is 35.5. The molecule has 0 atom stereocenters. The number of methoxy groups -OCH3 is 1. The number of nitrogens with one attached hydrogen (secondary N) is 1. The Hall–Kier alpha value is -3.65. The molecule has 142 valence electrons. The summed E-state index contributed by atoms with van der Waals surface area (Å²) in [5, 5.41) is 11.4. The van der Waals surface area contributed by atoms with E-state index >= 15 is 0 Å². The molecule has 0 spiro atoms. The van der Waals surface area contributed by atoms with E-state index in [9.17, 15) is 19.2 Å². The first kappa shape index (κ1) is 19.1. The number of amides is 2. The molecule has 2 N–H and O–H groups in total. The number of anilines is 2. The van der Waals surface area contributed by atoms with Crippen molar-refractivity contribution in [2.24, 2.45) is 0 Å². The number of hydrogen-bond donors (Lipinski definition) is 2. The van der Waals surface area contributed by atoms with Crippen molar-refractivity contribution in [3.63, 3.8) is 0 Å². The molecule has 0 radical (unpaired) electrons. The summed E-state index contributed by atoms with van der Waals surface area (Å²) in [5.41, 5.74) is 0.387. The van der Waals surface area contributed by atoms with Crippen molar-refractivity contribution in [1.29, 1.82) is 0 Å². The molecule has 28 heavy (non-hydrogen) atoms. The number of imide groups is 1. The zero-order valence-electron chi connectivity index (χ0n) is 14.4. The lowest BCUT2D eigenvalue weighted by Crippen LogP contribution is -2.32. The lowest BCUT2D eigenvalue weighted by Gasteiger charge is -2.16. The second-order valence-electron chi connectivity index (χ2n) is 5.69. The number of hydrogen-bond acceptors (Lipinski definition) is 6. The van der Waals surface area contributed by atoms with Gasteiger partial charge in [-0.15, -0.1) is 0 Å². The smallest absolute Gasteiger partial charge is 0.337 e. The Labute approximate surface area is 164 Å². The average molecular weight is 401 g/mol. The maximum atomic E-state index is 12.8. The normalized spacial score (nSPS) is 13.7. The van der Waals surface area contributed by atoms with E-state index in [1.807, 2.05) is 0 Å². The van der Waals surface area contributed by atoms with Crippen LogP contribution in [-0.2, 0) is 14.3 Å². The summed E-state index contributed by atoms with van der Waals surface area (Å²) in [7, 11) is 1.22. The Morgan fingerprint density at radius 3 is 2.39 bits per heavy atom. The number of halogens is 1. The first-order chi connectivity index (χ1) is 13.3. The highest BCUT2D eigenvalue weighted by Gasteiger charge is 2.39. The molecule has 3 rings (SSSR count). The van der Waals surface area contributed by atoms with Crippen molar-refractivity contribution >= 4 is 46.7 Å². The lowest BCUT2D eigenvalue weighted by molar-refractivity contribution is -0.120. The van der Waals surface area contributed by atoms with Gasteiger partial charge in [0, 0.05) is 5.69 Å². The van der Waals surface area contributed by atoms with Crippen LogP contribution in [0, 0.1) is 0 Å². The number of rotatable bonds is 5. The third-order valence-corrected chi connectivity index (χ3v) is 4.28. The Kier molecular flexibility index (Phi) is 5.14. The van der Waals surface area contributed by atoms with Crippen LogP contribution in [0.2, 0.25) is 0 Å². The fourth-order valence-corrected chi connectivity index (χ4v) is 2.82. The largest absolute Gasteiger partial charge is 0.478 e. The van der Waals surface area contributed by atoms with Gasteiger partial charge in [0.25, 0.3) is 11.8 Å². The molecule has 0 unspecified atom stereocenters. The summed E-state index contributed by atoms with van der Waals surface area (Å²) in [5.74, 6) is -3.27. The summed E-state index contributed by atoms with van der Waals surface area (Å²) in [6.07, 6.45) is 0. The van der Waals surface area contributed by atoms with E-state index in [0.29, 0.717) is 0 Å². The van der Waals surface area contributed by atoms with Crippen molar-refractivity contribution in [1.82, 2.24) is 0 Å². The first-order valence-electron chi connectivity index (χ1n) is 7.91. The minimum Gasteiger partial charge on any atom is -0.478 e. The molecule has 0 aliphatic carbocycles. The van der Waals surface area contributed by atoms with Crippen LogP contribution in [0.4, 0.5) is 11.4 Å². The summed E-state index contributed by atoms with van der Waals surface area (Å²) in [4.78, 5) is 48.9. The number of benzene rings is 2. The number of aromatic carboxylic acids is 1. The zero-order valence-corrected chi connectivity index (χ0v) is 15.2. The van der Waals surface area contributed by atoms with Gasteiger partial charge in [0.15, 0.2) is 0 Å². The molecule has 9 heteroatoms. The van der Waals surface area contributed by atoms with Crippen molar-refractivity contribution in [2.45, 2.75) is 0 Å². The number of carbonyl (C=O) groups excluding carboxylic acids is 3. The standard InChI is InChI=1S/C19H13ClN2O6/c1-28-19(27)11-5-3-7-13(9-11)22-16(23)14(20)15(17(22)24)21-12-6-2-4-10(8-12)18(25)26/h2-9,21H,1H3,(H,25,26). The van der Waals surface area contributed by atoms with E-state index in [-0.39, 0.29) is 33.2 Å². The second-order valence-corrected chi connectivity index (χ2v) is 6.07. The Morgan fingerprint density at radius 2 is 1.71 bits per heavy atom. The van der Waals surface area contributed by atoms with E-state index in [4.69, 9.17) is 16.7 Å². The predicted octanol–water partition coefficient (Wildman–Crippen LogP) is 2.61. The van der Waals surface area contributed by atoms with Crippen LogP contribution in [0.1, 0.15) is 20.7 Å². The van der Waals surface area contributed by atoms with Gasteiger partial charge in [0.05, 0.1) is 23.9 Å². The van der Waals surface area contributed by atoms with Gasteiger partial charge < -0.3 is 15.2 Å². The summed E-state index contributed by atoms with van der Waals surface area (Å²) >= 11 is 6.05. The lowest BCUT2D eigenvalue weighted by atomic mass is 10.2. The number of nitrogens with zero attached hydrogens (tertiary/aromatic N) is 1. The molecular formula is C19H13ClN2O6. The summed E-state index contributed by atoms with van der Waals surface area (Å²) in [6, 6.07) is 11.5. The predicted molar refractivity (Wildman–Crippen MR) is 100 cm³/mol. The molecule has 0 bridgehead atoms. The average Bonchev–Trinajstić information content (AvgIpc) is 2.91. The Balaban J connectivity index is 1.92. The molecule has 8 nitrogen and oxygen atoms in total. The fraction of sp³-hybridized carbons (Fsp3) is 0.0526. The van der Waals surface area contributed by atoms with E-state index < -0.39 is 23.8 Å². The molecule has 1 aliphatic heterocycles. The molecule has 1 heterocycles. The second kappa shape index (κ2) is 7.53. The summed E-state index contributed by atoms with van der Waals surface area (Å²) < 4.78 is 4.64. The quantitative estimate of drug-likeness (QED) is 0.585. The van der Waals surface area contributed by atoms with Gasteiger partial charge in [0.1, 0.15) is 10.7 Å². The van der Waals surface area contributed by atoms with Gasteiger partial charge in [-0.1, -0.05) is 23.7 Å². The van der Waals surface area contributed by atoms with Gasteiger partial charge in [-0.2, -0.15) is 0 Å². The summed E-state index contributed by atoms with van der Waals surface area (Å²) in [6.45, 7) is 0. The third-order valence-electron chi connectivity index (χ3n) is 3.93. The van der Waals surface area contributed by atoms with E-state index in [0.717, 1.165) is 4.90 Å². The van der Waals surface area contributed by atoms with E-state index in [1.165, 1.54) is 55.6 Å². The first-order valence-corrected chi connectivity index (χ1v) is 8.28. The molecule has 0 saturated carbocycles. The van der Waals surface area contributed by atoms with Crippen LogP contribution < -0.4 is 10.2 Å². The van der Waals surface area contributed by atoms with Crippen LogP contribution in [0.15, 0.2) is 59.3 Å². The third kappa shape index (κ3) is 3.45. The van der Waals surface area contributed by atoms with Crippen LogP contribution >= 0.6 is 11.6 Å². The number of carbonyl (C=O) groups is 4. The number of esters is 1. The van der Waals surface area contributed by atoms with Gasteiger partial charge in [-0.05, 0) is 36.4 Å². The SMILES string of the molecule is COC(=O)c1cccc(N2C(=O)C(Cl)=C(Nc3cccc(C(=O)O)c3)C2=O)c1. The van der Waals surface area contributed by atoms with Crippen LogP contribution in [-0.4, -0.2) is 36.0 Å². The zero-order chi connectivity index (χ0) is 20.4. The molecule has 1 aliphatic rings. The monoisotopic (exact) mass is 400 g/mol. The highest BCUT2D eigenvalue weighted by molar-refractivity contribution is 6.53. The molecular weight excluding hydrogens is 388 g/mol. The molecule has 0 saturated heterocycles. The van der Waals surface area contributed by atoms with Crippen molar-refractivity contribution < 1.29 is 29.0 Å². The molecule has 0 fully saturated rings. The van der Waals surface area contributed by atoms with Crippen molar-refractivity contribution in [3.05, 3.63) is 70.4 Å². The van der Waals surface area contributed by atoms with Crippen LogP contribution in [0.5, 0.6) is 0 Å². The Morgan fingerprint density at radius 1 is 1.04 bits per heavy atom. The van der Waals surface area contributed by atoms with Crippen LogP contribution in [0.3, 0.4) is 0 Å². The molecule has 2 amide bonds. The highest BCUT2D eigenvalue weighted by Crippen LogP contribution is 2.30. The van der Waals surface area contributed by atoms with Gasteiger partial charge in [-0.3, -0.25) is 9.59 Å². The van der Waals surface area contributed by atoms with E-state index in [1.54, 1.807) is 0 Å². The van der Waals surface area contributed by atoms with Crippen molar-refractivity contribution in [3.8, 4) is 0 Å². The number of ether oxygens (including phenoxy) is 1. The molecule has 2 aromatic carbocycles. The number of carboxylic acids is 1. The Bertz CT molecular complexity index is 1050. The minimum atomic E-state index is -1.14. The number of carboxylic acid groups (broad SMARTS) is 1. The topological polar surface area (TPSA) is 113 Å². The van der Waals surface area contributed by atoms with Crippen molar-refractivity contribution in [2.75, 3.05) is 17.3 Å². The van der Waals surface area contributed by atoms with E-state index in [2.05, 4.69) is 10.1 Å². The van der Waals surface area contributed by atoms with Crippen LogP contribution in [0.25, 0.3) is 0 Å².